The summed E-state index contributed by atoms with van der Waals surface area (Å²) >= 11 is 0. The molecule has 0 aromatic heterocycles. The fourth-order valence-electron chi connectivity index (χ4n) is 1.62. The molecule has 1 aromatic carbocycles. The van der Waals surface area contributed by atoms with Crippen LogP contribution in [0.3, 0.4) is 0 Å². The van der Waals surface area contributed by atoms with E-state index in [1.54, 1.807) is 12.2 Å². The molecule has 76 valence electrons. The highest BCUT2D eigenvalue weighted by atomic mass is 16.3. The minimum Gasteiger partial charge on any atom is -0.381 e. The van der Waals surface area contributed by atoms with Crippen LogP contribution in [0.5, 0.6) is 0 Å². The third-order valence-electron chi connectivity index (χ3n) is 2.44. The van der Waals surface area contributed by atoms with E-state index < -0.39 is 6.10 Å². The van der Waals surface area contributed by atoms with Gasteiger partial charge in [0.2, 0.25) is 0 Å². The average Bonchev–Trinajstić information content (AvgIpc) is 2.26. The van der Waals surface area contributed by atoms with Gasteiger partial charge in [0.25, 0.3) is 0 Å². The third-order valence-corrected chi connectivity index (χ3v) is 2.44. The molecule has 1 aliphatic rings. The number of rotatable bonds is 2. The predicted octanol–water partition coefficient (Wildman–Crippen LogP) is 1.66. The second-order valence-electron chi connectivity index (χ2n) is 3.57. The molecule has 1 unspecified atom stereocenters. The molecule has 0 amide bonds. The van der Waals surface area contributed by atoms with Crippen molar-refractivity contribution in [2.75, 3.05) is 0 Å². The van der Waals surface area contributed by atoms with Crippen molar-refractivity contribution >= 4 is 5.78 Å². The highest BCUT2D eigenvalue weighted by molar-refractivity contribution is 5.97. The lowest BCUT2D eigenvalue weighted by Gasteiger charge is -2.14. The minimum atomic E-state index is -0.963. The van der Waals surface area contributed by atoms with Crippen LogP contribution in [-0.2, 0) is 11.2 Å². The van der Waals surface area contributed by atoms with Gasteiger partial charge in [0.05, 0.1) is 0 Å². The number of ketones is 1. The summed E-state index contributed by atoms with van der Waals surface area (Å²) in [6, 6.07) is 9.80. The lowest BCUT2D eigenvalue weighted by molar-refractivity contribution is -0.120. The summed E-state index contributed by atoms with van der Waals surface area (Å²) in [6.45, 7) is 0. The summed E-state index contributed by atoms with van der Waals surface area (Å²) in [7, 11) is 0. The van der Waals surface area contributed by atoms with Crippen LogP contribution in [-0.4, -0.2) is 17.0 Å². The maximum absolute atomic E-state index is 11.2. The molecule has 15 heavy (non-hydrogen) atoms. The van der Waals surface area contributed by atoms with Crippen molar-refractivity contribution in [2.24, 2.45) is 0 Å². The number of benzene rings is 1. The Morgan fingerprint density at radius 1 is 1.20 bits per heavy atom. The predicted molar refractivity (Wildman–Crippen MR) is 58.4 cm³/mol. The number of allylic oxidation sites excluding steroid dienone is 2. The van der Waals surface area contributed by atoms with Crippen molar-refractivity contribution in [1.82, 2.24) is 0 Å². The molecule has 2 nitrogen and oxygen atoms in total. The largest absolute Gasteiger partial charge is 0.381 e. The van der Waals surface area contributed by atoms with Crippen LogP contribution in [0.15, 0.2) is 54.1 Å². The lowest BCUT2D eigenvalue weighted by Crippen LogP contribution is -2.23. The maximum Gasteiger partial charge on any atom is 0.188 e. The van der Waals surface area contributed by atoms with Gasteiger partial charge in [0.1, 0.15) is 6.10 Å². The van der Waals surface area contributed by atoms with Crippen LogP contribution in [0.25, 0.3) is 0 Å². The molecule has 0 heterocycles. The Morgan fingerprint density at radius 3 is 2.67 bits per heavy atom. The number of aliphatic hydroxyl groups is 1. The summed E-state index contributed by atoms with van der Waals surface area (Å²) in [6.07, 6.45) is 4.55. The van der Waals surface area contributed by atoms with Gasteiger partial charge < -0.3 is 5.11 Å². The molecule has 0 spiro atoms. The standard InChI is InChI=1S/C13H12O2/c14-12-8-4-7-11(13(12)15)9-10-5-2-1-3-6-10/h1-8,13,15H,9H2. The zero-order valence-corrected chi connectivity index (χ0v) is 8.26. The molecule has 1 N–H and O–H groups in total. The Kier molecular flexibility index (Phi) is 2.79. The number of hydrogen-bond donors (Lipinski definition) is 1. The fraction of sp³-hybridized carbons (Fsp3) is 0.154. The Morgan fingerprint density at radius 2 is 1.93 bits per heavy atom. The molecule has 2 heteroatoms. The van der Waals surface area contributed by atoms with Gasteiger partial charge in [-0.05, 0) is 23.6 Å². The molecular formula is C13H12O2. The van der Waals surface area contributed by atoms with Crippen molar-refractivity contribution in [3.05, 3.63) is 59.7 Å². The highest BCUT2D eigenvalue weighted by Crippen LogP contribution is 2.15. The van der Waals surface area contributed by atoms with E-state index in [9.17, 15) is 9.90 Å². The van der Waals surface area contributed by atoms with Crippen LogP contribution in [0.2, 0.25) is 0 Å². The van der Waals surface area contributed by atoms with Crippen LogP contribution in [0, 0.1) is 0 Å². The van der Waals surface area contributed by atoms with Crippen LogP contribution >= 0.6 is 0 Å². The molecule has 0 saturated carbocycles. The van der Waals surface area contributed by atoms with E-state index in [1.807, 2.05) is 30.3 Å². The SMILES string of the molecule is O=C1C=CC=C(Cc2ccccc2)C1O. The van der Waals surface area contributed by atoms with Crippen LogP contribution in [0.1, 0.15) is 5.56 Å². The molecule has 2 rings (SSSR count). The van der Waals surface area contributed by atoms with Gasteiger partial charge in [-0.2, -0.15) is 0 Å². The number of carbonyl (C=O) groups is 1. The normalized spacial score (nSPS) is 20.2. The van der Waals surface area contributed by atoms with Crippen molar-refractivity contribution in [3.63, 3.8) is 0 Å². The Labute approximate surface area is 88.6 Å². The molecular weight excluding hydrogens is 188 g/mol. The molecule has 1 aliphatic carbocycles. The van der Waals surface area contributed by atoms with Crippen LogP contribution in [0.4, 0.5) is 0 Å². The first-order valence-electron chi connectivity index (χ1n) is 4.90. The molecule has 0 aliphatic heterocycles. The molecule has 1 atom stereocenters. The monoisotopic (exact) mass is 200 g/mol. The quantitative estimate of drug-likeness (QED) is 0.788. The topological polar surface area (TPSA) is 37.3 Å². The fourth-order valence-corrected chi connectivity index (χ4v) is 1.62. The molecule has 0 saturated heterocycles. The lowest BCUT2D eigenvalue weighted by atomic mass is 9.94. The first-order valence-corrected chi connectivity index (χ1v) is 4.90. The summed E-state index contributed by atoms with van der Waals surface area (Å²) in [5.41, 5.74) is 1.86. The van der Waals surface area contributed by atoms with Crippen molar-refractivity contribution in [2.45, 2.75) is 12.5 Å². The van der Waals surface area contributed by atoms with Gasteiger partial charge in [-0.25, -0.2) is 0 Å². The van der Waals surface area contributed by atoms with Crippen molar-refractivity contribution in [1.29, 1.82) is 0 Å². The zero-order chi connectivity index (χ0) is 10.7. The summed E-state index contributed by atoms with van der Waals surface area (Å²) < 4.78 is 0. The van der Waals surface area contributed by atoms with Gasteiger partial charge in [0, 0.05) is 0 Å². The molecule has 0 radical (unpaired) electrons. The maximum atomic E-state index is 11.2. The van der Waals surface area contributed by atoms with Crippen molar-refractivity contribution in [3.8, 4) is 0 Å². The van der Waals surface area contributed by atoms with E-state index >= 15 is 0 Å². The highest BCUT2D eigenvalue weighted by Gasteiger charge is 2.19. The second-order valence-corrected chi connectivity index (χ2v) is 3.57. The second kappa shape index (κ2) is 4.24. The Bertz CT molecular complexity index is 415. The molecule has 0 fully saturated rings. The third kappa shape index (κ3) is 2.22. The molecule has 0 bridgehead atoms. The number of carbonyl (C=O) groups excluding carboxylic acids is 1. The summed E-state index contributed by atoms with van der Waals surface area (Å²) in [5, 5.41) is 9.63. The van der Waals surface area contributed by atoms with Gasteiger partial charge in [-0.1, -0.05) is 42.5 Å². The smallest absolute Gasteiger partial charge is 0.188 e. The van der Waals surface area contributed by atoms with E-state index in [1.165, 1.54) is 6.08 Å². The van der Waals surface area contributed by atoms with Gasteiger partial charge in [-0.3, -0.25) is 4.79 Å². The molecule has 1 aromatic rings. The van der Waals surface area contributed by atoms with E-state index in [-0.39, 0.29) is 5.78 Å². The van der Waals surface area contributed by atoms with Crippen molar-refractivity contribution < 1.29 is 9.90 Å². The first kappa shape index (κ1) is 9.87. The first-order chi connectivity index (χ1) is 7.27. The summed E-state index contributed by atoms with van der Waals surface area (Å²) in [5.74, 6) is -0.233. The van der Waals surface area contributed by atoms with E-state index in [2.05, 4.69) is 0 Å². The number of hydrogen-bond acceptors (Lipinski definition) is 2. The van der Waals surface area contributed by atoms with E-state index in [4.69, 9.17) is 0 Å². The van der Waals surface area contributed by atoms with Gasteiger partial charge in [-0.15, -0.1) is 0 Å². The Balaban J connectivity index is 2.16. The zero-order valence-electron chi connectivity index (χ0n) is 8.26. The van der Waals surface area contributed by atoms with Gasteiger partial charge in [0.15, 0.2) is 5.78 Å². The van der Waals surface area contributed by atoms with Crippen LogP contribution < -0.4 is 0 Å². The van der Waals surface area contributed by atoms with E-state index in [0.29, 0.717) is 6.42 Å². The minimum absolute atomic E-state index is 0.233. The Hall–Kier alpha value is -1.67. The van der Waals surface area contributed by atoms with Gasteiger partial charge >= 0.3 is 0 Å². The number of aliphatic hydroxyl groups excluding tert-OH is 1. The average molecular weight is 200 g/mol. The summed E-state index contributed by atoms with van der Waals surface area (Å²) in [4.78, 5) is 11.2. The van der Waals surface area contributed by atoms with E-state index in [0.717, 1.165) is 11.1 Å².